The molecule has 2 nitrogen and oxygen atoms in total. The van der Waals surface area contributed by atoms with E-state index in [0.717, 1.165) is 16.7 Å². The molecule has 0 aromatic heterocycles. The molecule has 0 aliphatic heterocycles. The van der Waals surface area contributed by atoms with Gasteiger partial charge in [-0.25, -0.2) is 4.89 Å². The summed E-state index contributed by atoms with van der Waals surface area (Å²) >= 11 is 0. The predicted octanol–water partition coefficient (Wildman–Crippen LogP) is 3.27. The van der Waals surface area contributed by atoms with E-state index in [9.17, 15) is 0 Å². The molecule has 2 heteroatoms. The molecular weight excluding hydrogens is 176 g/mol. The van der Waals surface area contributed by atoms with Crippen LogP contribution in [0.25, 0.3) is 6.08 Å². The quantitative estimate of drug-likeness (QED) is 0.573. The Morgan fingerprint density at radius 1 is 1.29 bits per heavy atom. The van der Waals surface area contributed by atoms with Gasteiger partial charge in [-0.05, 0) is 22.6 Å². The van der Waals surface area contributed by atoms with Crippen LogP contribution in [-0.4, -0.2) is 5.26 Å². The van der Waals surface area contributed by atoms with Crippen molar-refractivity contribution in [3.63, 3.8) is 0 Å². The molecular formula is C12H14O2. The molecule has 1 aliphatic carbocycles. The number of hydrogen-bond acceptors (Lipinski definition) is 2. The minimum absolute atomic E-state index is 0.272. The highest BCUT2D eigenvalue weighted by Gasteiger charge is 2.27. The lowest BCUT2D eigenvalue weighted by Crippen LogP contribution is -2.06. The van der Waals surface area contributed by atoms with Crippen molar-refractivity contribution in [2.24, 2.45) is 5.92 Å². The summed E-state index contributed by atoms with van der Waals surface area (Å²) < 4.78 is 0. The largest absolute Gasteiger partial charge is 0.251 e. The number of benzene rings is 1. The van der Waals surface area contributed by atoms with Gasteiger partial charge in [0.05, 0.1) is 0 Å². The van der Waals surface area contributed by atoms with E-state index in [-0.39, 0.29) is 6.10 Å². The van der Waals surface area contributed by atoms with Gasteiger partial charge in [0.25, 0.3) is 0 Å². The molecule has 1 aromatic rings. The van der Waals surface area contributed by atoms with Gasteiger partial charge in [0.2, 0.25) is 0 Å². The molecule has 14 heavy (non-hydrogen) atoms. The molecule has 0 saturated carbocycles. The van der Waals surface area contributed by atoms with E-state index in [1.54, 1.807) is 0 Å². The van der Waals surface area contributed by atoms with Crippen LogP contribution in [-0.2, 0) is 4.89 Å². The fourth-order valence-electron chi connectivity index (χ4n) is 1.90. The van der Waals surface area contributed by atoms with E-state index in [1.807, 2.05) is 24.3 Å². The van der Waals surface area contributed by atoms with Gasteiger partial charge in [-0.15, -0.1) is 0 Å². The molecule has 2 rings (SSSR count). The topological polar surface area (TPSA) is 29.5 Å². The van der Waals surface area contributed by atoms with E-state index in [2.05, 4.69) is 24.8 Å². The van der Waals surface area contributed by atoms with Gasteiger partial charge in [0.1, 0.15) is 6.10 Å². The molecule has 1 aromatic carbocycles. The molecule has 0 spiro atoms. The highest BCUT2D eigenvalue weighted by molar-refractivity contribution is 5.65. The molecule has 0 fully saturated rings. The lowest BCUT2D eigenvalue weighted by atomic mass is 9.98. The minimum atomic E-state index is -0.272. The fraction of sp³-hybridized carbons (Fsp3) is 0.333. The van der Waals surface area contributed by atoms with Gasteiger partial charge in [-0.3, -0.25) is 5.26 Å². The summed E-state index contributed by atoms with van der Waals surface area (Å²) in [6.45, 7) is 4.20. The Hall–Kier alpha value is -1.12. The van der Waals surface area contributed by atoms with Crippen molar-refractivity contribution < 1.29 is 10.1 Å². The van der Waals surface area contributed by atoms with Crippen molar-refractivity contribution in [3.8, 4) is 0 Å². The van der Waals surface area contributed by atoms with Crippen LogP contribution >= 0.6 is 0 Å². The highest BCUT2D eigenvalue weighted by atomic mass is 17.1. The van der Waals surface area contributed by atoms with Gasteiger partial charge in [0.15, 0.2) is 0 Å². The second-order valence-corrected chi connectivity index (χ2v) is 3.91. The van der Waals surface area contributed by atoms with Crippen LogP contribution < -0.4 is 0 Å². The SMILES string of the molecule is CC(C)C1=Cc2ccccc2C1OO. The zero-order valence-electron chi connectivity index (χ0n) is 8.40. The molecule has 0 radical (unpaired) electrons. The van der Waals surface area contributed by atoms with Crippen LogP contribution in [0.3, 0.4) is 0 Å². The fourth-order valence-corrected chi connectivity index (χ4v) is 1.90. The maximum atomic E-state index is 8.89. The summed E-state index contributed by atoms with van der Waals surface area (Å²) in [6, 6.07) is 7.98. The molecule has 74 valence electrons. The predicted molar refractivity (Wildman–Crippen MR) is 55.7 cm³/mol. The van der Waals surface area contributed by atoms with Gasteiger partial charge in [-0.1, -0.05) is 44.2 Å². The Labute approximate surface area is 83.8 Å². The van der Waals surface area contributed by atoms with Crippen molar-refractivity contribution in [2.45, 2.75) is 20.0 Å². The monoisotopic (exact) mass is 190 g/mol. The third-order valence-electron chi connectivity index (χ3n) is 2.68. The zero-order chi connectivity index (χ0) is 10.1. The first-order chi connectivity index (χ1) is 6.74. The van der Waals surface area contributed by atoms with E-state index in [1.165, 1.54) is 0 Å². The third kappa shape index (κ3) is 1.37. The lowest BCUT2D eigenvalue weighted by Gasteiger charge is -2.15. The zero-order valence-corrected chi connectivity index (χ0v) is 8.40. The minimum Gasteiger partial charge on any atom is -0.251 e. The van der Waals surface area contributed by atoms with Crippen LogP contribution in [0.15, 0.2) is 29.8 Å². The van der Waals surface area contributed by atoms with Crippen LogP contribution in [0.4, 0.5) is 0 Å². The molecule has 0 amide bonds. The molecule has 0 saturated heterocycles. The lowest BCUT2D eigenvalue weighted by molar-refractivity contribution is -0.272. The molecule has 1 unspecified atom stereocenters. The standard InChI is InChI=1S/C12H14O2/c1-8(2)11-7-9-5-3-4-6-10(9)12(11)14-13/h3-8,12-13H,1-2H3. The first-order valence-corrected chi connectivity index (χ1v) is 4.84. The second-order valence-electron chi connectivity index (χ2n) is 3.91. The normalized spacial score (nSPS) is 19.7. The van der Waals surface area contributed by atoms with Crippen molar-refractivity contribution in [3.05, 3.63) is 41.0 Å². The van der Waals surface area contributed by atoms with E-state index in [4.69, 9.17) is 5.26 Å². The Morgan fingerprint density at radius 2 is 2.00 bits per heavy atom. The van der Waals surface area contributed by atoms with Crippen molar-refractivity contribution in [1.82, 2.24) is 0 Å². The number of hydrogen-bond donors (Lipinski definition) is 1. The number of fused-ring (bicyclic) bond motifs is 1. The third-order valence-corrected chi connectivity index (χ3v) is 2.68. The molecule has 0 heterocycles. The molecule has 1 aliphatic rings. The van der Waals surface area contributed by atoms with Crippen molar-refractivity contribution in [2.75, 3.05) is 0 Å². The van der Waals surface area contributed by atoms with Gasteiger partial charge >= 0.3 is 0 Å². The average molecular weight is 190 g/mol. The van der Waals surface area contributed by atoms with Crippen LogP contribution in [0.5, 0.6) is 0 Å². The van der Waals surface area contributed by atoms with Crippen LogP contribution in [0.2, 0.25) is 0 Å². The second kappa shape index (κ2) is 3.56. The van der Waals surface area contributed by atoms with Crippen molar-refractivity contribution in [1.29, 1.82) is 0 Å². The Kier molecular flexibility index (Phi) is 2.40. The van der Waals surface area contributed by atoms with Gasteiger partial charge in [-0.2, -0.15) is 0 Å². The van der Waals surface area contributed by atoms with Crippen LogP contribution in [0, 0.1) is 5.92 Å². The summed E-state index contributed by atoms with van der Waals surface area (Å²) in [5.41, 5.74) is 3.34. The summed E-state index contributed by atoms with van der Waals surface area (Å²) in [5.74, 6) is 0.388. The maximum Gasteiger partial charge on any atom is 0.140 e. The maximum absolute atomic E-state index is 8.89. The van der Waals surface area contributed by atoms with E-state index in [0.29, 0.717) is 5.92 Å². The van der Waals surface area contributed by atoms with E-state index >= 15 is 0 Å². The van der Waals surface area contributed by atoms with Gasteiger partial charge < -0.3 is 0 Å². The smallest absolute Gasteiger partial charge is 0.140 e. The highest BCUT2D eigenvalue weighted by Crippen LogP contribution is 2.39. The Balaban J connectivity index is 2.44. The average Bonchev–Trinajstić information content (AvgIpc) is 2.56. The van der Waals surface area contributed by atoms with Crippen molar-refractivity contribution >= 4 is 6.08 Å². The molecule has 0 bridgehead atoms. The first-order valence-electron chi connectivity index (χ1n) is 4.84. The first kappa shape index (κ1) is 9.44. The molecule has 1 atom stereocenters. The molecule has 1 N–H and O–H groups in total. The van der Waals surface area contributed by atoms with Crippen LogP contribution in [0.1, 0.15) is 31.1 Å². The summed E-state index contributed by atoms with van der Waals surface area (Å²) in [7, 11) is 0. The summed E-state index contributed by atoms with van der Waals surface area (Å²) in [4.78, 5) is 4.54. The Morgan fingerprint density at radius 3 is 2.64 bits per heavy atom. The summed E-state index contributed by atoms with van der Waals surface area (Å²) in [6.07, 6.45) is 1.83. The van der Waals surface area contributed by atoms with Gasteiger partial charge in [0, 0.05) is 0 Å². The van der Waals surface area contributed by atoms with E-state index < -0.39 is 0 Å². The number of rotatable bonds is 2. The summed E-state index contributed by atoms with van der Waals surface area (Å²) in [5, 5.41) is 8.89. The Bertz CT molecular complexity index is 366.